The van der Waals surface area contributed by atoms with E-state index in [9.17, 15) is 4.79 Å². The van der Waals surface area contributed by atoms with Crippen molar-refractivity contribution in [3.8, 4) is 5.75 Å². The summed E-state index contributed by atoms with van der Waals surface area (Å²) in [5.41, 5.74) is 1.28. The lowest BCUT2D eigenvalue weighted by atomic mass is 9.73. The smallest absolute Gasteiger partial charge is 0.222 e. The van der Waals surface area contributed by atoms with Crippen LogP contribution in [0, 0.1) is 0 Å². The number of rotatable bonds is 4. The fourth-order valence-electron chi connectivity index (χ4n) is 3.13. The summed E-state index contributed by atoms with van der Waals surface area (Å²) in [6, 6.07) is 7.99. The highest BCUT2D eigenvalue weighted by Crippen LogP contribution is 2.37. The van der Waals surface area contributed by atoms with E-state index in [1.807, 2.05) is 24.3 Å². The van der Waals surface area contributed by atoms with Crippen LogP contribution in [-0.4, -0.2) is 24.7 Å². The quantitative estimate of drug-likeness (QED) is 0.858. The summed E-state index contributed by atoms with van der Waals surface area (Å²) in [4.78, 5) is 11.1. The molecule has 1 N–H and O–H groups in total. The molecular formula is C16H21NO3. The molecule has 0 bridgehead atoms. The fourth-order valence-corrected chi connectivity index (χ4v) is 3.13. The number of carbonyl (C=O) groups is 1. The van der Waals surface area contributed by atoms with E-state index in [4.69, 9.17) is 9.47 Å². The van der Waals surface area contributed by atoms with Crippen LogP contribution >= 0.6 is 0 Å². The molecule has 0 radical (unpaired) electrons. The first-order chi connectivity index (χ1) is 9.69. The van der Waals surface area contributed by atoms with Gasteiger partial charge in [0.05, 0.1) is 19.8 Å². The molecular weight excluding hydrogens is 254 g/mol. The molecule has 1 saturated carbocycles. The maximum absolute atomic E-state index is 11.1. The van der Waals surface area contributed by atoms with Crippen LogP contribution < -0.4 is 10.1 Å². The Kier molecular flexibility index (Phi) is 3.66. The predicted octanol–water partition coefficient (Wildman–Crippen LogP) is 2.41. The Morgan fingerprint density at radius 1 is 1.25 bits per heavy atom. The molecule has 4 nitrogen and oxygen atoms in total. The molecule has 0 atom stereocenters. The number of β-lactam (4-membered cyclic amide) rings is 1. The molecule has 2 fully saturated rings. The minimum absolute atomic E-state index is 0.108. The van der Waals surface area contributed by atoms with Gasteiger partial charge in [0.1, 0.15) is 5.75 Å². The molecule has 3 rings (SSSR count). The maximum Gasteiger partial charge on any atom is 0.222 e. The molecule has 1 heterocycles. The molecule has 1 aliphatic carbocycles. The van der Waals surface area contributed by atoms with Crippen molar-refractivity contribution in [2.24, 2.45) is 0 Å². The second-order valence-electron chi connectivity index (χ2n) is 5.86. The number of ether oxygens (including phenoxy) is 2. The number of nitrogens with one attached hydrogen (secondary N) is 1. The van der Waals surface area contributed by atoms with Crippen molar-refractivity contribution in [1.82, 2.24) is 5.32 Å². The van der Waals surface area contributed by atoms with E-state index in [0.29, 0.717) is 19.1 Å². The Labute approximate surface area is 119 Å². The van der Waals surface area contributed by atoms with Crippen molar-refractivity contribution >= 4 is 5.91 Å². The summed E-state index contributed by atoms with van der Waals surface area (Å²) in [5, 5.41) is 3.06. The van der Waals surface area contributed by atoms with E-state index < -0.39 is 0 Å². The van der Waals surface area contributed by atoms with E-state index >= 15 is 0 Å². The van der Waals surface area contributed by atoms with Crippen molar-refractivity contribution in [1.29, 1.82) is 0 Å². The van der Waals surface area contributed by atoms with Gasteiger partial charge < -0.3 is 14.8 Å². The minimum atomic E-state index is 0.108. The Hall–Kier alpha value is -1.55. The zero-order valence-corrected chi connectivity index (χ0v) is 11.9. The molecule has 0 aromatic heterocycles. The van der Waals surface area contributed by atoms with Gasteiger partial charge in [-0.15, -0.1) is 0 Å². The topological polar surface area (TPSA) is 47.6 Å². The lowest BCUT2D eigenvalue weighted by Gasteiger charge is -2.46. The van der Waals surface area contributed by atoms with Crippen molar-refractivity contribution < 1.29 is 14.3 Å². The third-order valence-corrected chi connectivity index (χ3v) is 4.44. The van der Waals surface area contributed by atoms with Gasteiger partial charge in [-0.3, -0.25) is 4.79 Å². The van der Waals surface area contributed by atoms with Gasteiger partial charge in [0.25, 0.3) is 0 Å². The molecule has 1 amide bonds. The summed E-state index contributed by atoms with van der Waals surface area (Å²) in [7, 11) is 1.67. The molecule has 20 heavy (non-hydrogen) atoms. The van der Waals surface area contributed by atoms with Crippen molar-refractivity contribution in [2.75, 3.05) is 7.11 Å². The van der Waals surface area contributed by atoms with Gasteiger partial charge in [-0.25, -0.2) is 0 Å². The third-order valence-electron chi connectivity index (χ3n) is 4.44. The largest absolute Gasteiger partial charge is 0.497 e. The molecule has 2 aliphatic rings. The van der Waals surface area contributed by atoms with Gasteiger partial charge in [-0.05, 0) is 43.4 Å². The Morgan fingerprint density at radius 3 is 2.45 bits per heavy atom. The van der Waals surface area contributed by atoms with Crippen molar-refractivity contribution in [3.05, 3.63) is 29.8 Å². The average Bonchev–Trinajstić information content (AvgIpc) is 2.46. The van der Waals surface area contributed by atoms with Crippen LogP contribution in [0.3, 0.4) is 0 Å². The van der Waals surface area contributed by atoms with Gasteiger partial charge in [0, 0.05) is 12.0 Å². The molecule has 1 saturated heterocycles. The zero-order valence-electron chi connectivity index (χ0n) is 11.9. The third kappa shape index (κ3) is 2.80. The summed E-state index contributed by atoms with van der Waals surface area (Å²) in [5.74, 6) is 1.07. The summed E-state index contributed by atoms with van der Waals surface area (Å²) in [6.45, 7) is 0.647. The zero-order chi connectivity index (χ0) is 14.0. The van der Waals surface area contributed by atoms with Crippen LogP contribution in [0.4, 0.5) is 0 Å². The van der Waals surface area contributed by atoms with E-state index in [1.165, 1.54) is 5.56 Å². The van der Waals surface area contributed by atoms with Crippen LogP contribution in [0.1, 0.15) is 37.7 Å². The van der Waals surface area contributed by atoms with Crippen LogP contribution in [0.2, 0.25) is 0 Å². The van der Waals surface area contributed by atoms with Gasteiger partial charge >= 0.3 is 0 Å². The molecule has 108 valence electrons. The van der Waals surface area contributed by atoms with Crippen LogP contribution in [-0.2, 0) is 16.1 Å². The lowest BCUT2D eigenvalue weighted by Crippen LogP contribution is -2.62. The predicted molar refractivity (Wildman–Crippen MR) is 75.5 cm³/mol. The first-order valence-corrected chi connectivity index (χ1v) is 7.25. The van der Waals surface area contributed by atoms with Gasteiger partial charge in [0.15, 0.2) is 0 Å². The minimum Gasteiger partial charge on any atom is -0.497 e. The number of hydrogen-bond acceptors (Lipinski definition) is 3. The molecule has 1 aromatic carbocycles. The highest BCUT2D eigenvalue weighted by Gasteiger charge is 2.45. The highest BCUT2D eigenvalue weighted by atomic mass is 16.5. The van der Waals surface area contributed by atoms with Crippen LogP contribution in [0.25, 0.3) is 0 Å². The summed E-state index contributed by atoms with van der Waals surface area (Å²) < 4.78 is 11.1. The number of carbonyl (C=O) groups excluding carboxylic acids is 1. The van der Waals surface area contributed by atoms with Crippen molar-refractivity contribution in [2.45, 2.75) is 50.4 Å². The van der Waals surface area contributed by atoms with E-state index in [1.54, 1.807) is 7.11 Å². The second kappa shape index (κ2) is 5.44. The average molecular weight is 275 g/mol. The normalized spacial score (nSPS) is 28.9. The Bertz CT molecular complexity index is 465. The Balaban J connectivity index is 1.44. The molecule has 1 spiro atoms. The first kappa shape index (κ1) is 13.4. The van der Waals surface area contributed by atoms with Gasteiger partial charge in [-0.2, -0.15) is 0 Å². The van der Waals surface area contributed by atoms with E-state index in [0.717, 1.165) is 31.4 Å². The SMILES string of the molecule is COc1ccc(COC2CCC3(CC2)CC(=O)N3)cc1. The number of methoxy groups -OCH3 is 1. The number of amides is 1. The first-order valence-electron chi connectivity index (χ1n) is 7.25. The molecule has 0 unspecified atom stereocenters. The maximum atomic E-state index is 11.1. The van der Waals surface area contributed by atoms with E-state index in [2.05, 4.69) is 5.32 Å². The lowest BCUT2D eigenvalue weighted by molar-refractivity contribution is -0.135. The van der Waals surface area contributed by atoms with Gasteiger partial charge in [-0.1, -0.05) is 12.1 Å². The van der Waals surface area contributed by atoms with Crippen LogP contribution in [0.5, 0.6) is 5.75 Å². The molecule has 1 aromatic rings. The summed E-state index contributed by atoms with van der Waals surface area (Å²) in [6.07, 6.45) is 5.20. The molecule has 4 heteroatoms. The van der Waals surface area contributed by atoms with Gasteiger partial charge in [0.2, 0.25) is 5.91 Å². The van der Waals surface area contributed by atoms with Crippen LogP contribution in [0.15, 0.2) is 24.3 Å². The van der Waals surface area contributed by atoms with Crippen molar-refractivity contribution in [3.63, 3.8) is 0 Å². The highest BCUT2D eigenvalue weighted by molar-refractivity contribution is 5.84. The fraction of sp³-hybridized carbons (Fsp3) is 0.562. The second-order valence-corrected chi connectivity index (χ2v) is 5.86. The number of benzene rings is 1. The number of hydrogen-bond donors (Lipinski definition) is 1. The Morgan fingerprint density at radius 2 is 1.90 bits per heavy atom. The standard InChI is InChI=1S/C16H21NO3/c1-19-13-4-2-12(3-5-13)11-20-14-6-8-16(9-7-14)10-15(18)17-16/h2-5,14H,6-11H2,1H3,(H,17,18). The summed E-state index contributed by atoms with van der Waals surface area (Å²) >= 11 is 0. The monoisotopic (exact) mass is 275 g/mol. The molecule has 1 aliphatic heterocycles. The van der Waals surface area contributed by atoms with E-state index in [-0.39, 0.29) is 11.4 Å².